The lowest BCUT2D eigenvalue weighted by molar-refractivity contribution is -0.147. The van der Waals surface area contributed by atoms with Crippen LogP contribution in [0.25, 0.3) is 5.57 Å². The molecule has 2 N–H and O–H groups in total. The summed E-state index contributed by atoms with van der Waals surface area (Å²) >= 11 is 0. The van der Waals surface area contributed by atoms with Crippen LogP contribution >= 0.6 is 0 Å². The van der Waals surface area contributed by atoms with Crippen molar-refractivity contribution in [1.29, 1.82) is 0 Å². The first-order valence-corrected chi connectivity index (χ1v) is 13.7. The monoisotopic (exact) mass is 631 g/mol. The van der Waals surface area contributed by atoms with E-state index in [1.165, 1.54) is 6.08 Å². The normalized spacial score (nSPS) is 20.8. The number of halogens is 7. The number of aromatic nitrogens is 1. The van der Waals surface area contributed by atoms with Crippen LogP contribution in [0.2, 0.25) is 0 Å². The first-order chi connectivity index (χ1) is 20.5. The molecule has 1 aromatic carbocycles. The van der Waals surface area contributed by atoms with Gasteiger partial charge in [0.2, 0.25) is 5.56 Å². The third-order valence-corrected chi connectivity index (χ3v) is 8.03. The average molecular weight is 632 g/mol. The molecule has 0 bridgehead atoms. The lowest BCUT2D eigenvalue weighted by atomic mass is 9.91. The Bertz CT molecular complexity index is 1570. The molecule has 1 saturated heterocycles. The third kappa shape index (κ3) is 6.25. The van der Waals surface area contributed by atoms with Crippen molar-refractivity contribution < 1.29 is 45.1 Å². The van der Waals surface area contributed by atoms with E-state index < -0.39 is 82.6 Å². The number of carbonyl (C=O) groups is 2. The molecule has 0 radical (unpaired) electrons. The molecule has 1 atom stereocenters. The summed E-state index contributed by atoms with van der Waals surface area (Å²) in [5, 5.41) is 2.16. The molecule has 0 spiro atoms. The number of likely N-dealkylation sites (N-methyl/N-ethyl adjacent to an activating group) is 1. The summed E-state index contributed by atoms with van der Waals surface area (Å²) in [7, 11) is 1.85. The van der Waals surface area contributed by atoms with E-state index in [-0.39, 0.29) is 49.5 Å². The first kappa shape index (κ1) is 31.3. The number of anilines is 2. The van der Waals surface area contributed by atoms with E-state index in [1.54, 1.807) is 4.90 Å². The molecule has 2 fully saturated rings. The van der Waals surface area contributed by atoms with Crippen LogP contribution in [0.15, 0.2) is 29.2 Å². The number of hydrogen-bond acceptors (Lipinski definition) is 6. The summed E-state index contributed by atoms with van der Waals surface area (Å²) in [6, 6.07) is 1.08. The highest BCUT2D eigenvalue weighted by molar-refractivity contribution is 6.07. The van der Waals surface area contributed by atoms with E-state index in [0.29, 0.717) is 12.7 Å². The molecular formula is C28H28F7N5O4. The Labute approximate surface area is 246 Å². The number of H-pyrrole nitrogens is 1. The highest BCUT2D eigenvalue weighted by Gasteiger charge is 2.48. The maximum atomic E-state index is 16.3. The minimum absolute atomic E-state index is 0.0234. The number of alkyl halides is 5. The predicted octanol–water partition coefficient (Wildman–Crippen LogP) is 4.70. The molecule has 5 rings (SSSR count). The van der Waals surface area contributed by atoms with Crippen LogP contribution in [0.4, 0.5) is 46.9 Å². The summed E-state index contributed by atoms with van der Waals surface area (Å²) in [6.07, 6.45) is -6.41. The largest absolute Gasteiger partial charge is 0.446 e. The van der Waals surface area contributed by atoms with Gasteiger partial charge in [0.15, 0.2) is 5.82 Å². The van der Waals surface area contributed by atoms with Crippen LogP contribution in [-0.4, -0.2) is 84.6 Å². The molecule has 44 heavy (non-hydrogen) atoms. The van der Waals surface area contributed by atoms with Crippen LogP contribution in [0.3, 0.4) is 0 Å². The number of nitrogens with zero attached hydrogens (tertiary/aromatic N) is 3. The Morgan fingerprint density at radius 1 is 1.14 bits per heavy atom. The summed E-state index contributed by atoms with van der Waals surface area (Å²) < 4.78 is 104. The van der Waals surface area contributed by atoms with Crippen molar-refractivity contribution in [2.24, 2.45) is 0 Å². The second kappa shape index (κ2) is 11.4. The second-order valence-electron chi connectivity index (χ2n) is 11.2. The van der Waals surface area contributed by atoms with Crippen molar-refractivity contribution in [2.75, 3.05) is 50.0 Å². The maximum Gasteiger partial charge on any atom is 0.417 e. The molecule has 16 heteroatoms. The topological polar surface area (TPSA) is 98.0 Å². The summed E-state index contributed by atoms with van der Waals surface area (Å²) in [5.74, 6) is -6.68. The zero-order valence-electron chi connectivity index (χ0n) is 23.5. The van der Waals surface area contributed by atoms with Crippen LogP contribution in [0.1, 0.15) is 41.3 Å². The first-order valence-electron chi connectivity index (χ1n) is 13.7. The minimum Gasteiger partial charge on any atom is -0.446 e. The fraction of sp³-hybridized carbons (Fsp3) is 0.464. The Hall–Kier alpha value is -4.08. The van der Waals surface area contributed by atoms with Crippen LogP contribution in [0, 0.1) is 11.6 Å². The van der Waals surface area contributed by atoms with E-state index in [1.807, 2.05) is 23.9 Å². The molecule has 2 aliphatic heterocycles. The van der Waals surface area contributed by atoms with E-state index in [2.05, 4.69) is 5.32 Å². The number of piperazine rings is 1. The third-order valence-electron chi connectivity index (χ3n) is 8.03. The summed E-state index contributed by atoms with van der Waals surface area (Å²) in [4.78, 5) is 43.9. The van der Waals surface area contributed by atoms with Crippen molar-refractivity contribution >= 4 is 28.9 Å². The number of ether oxygens (including phenoxy) is 1. The van der Waals surface area contributed by atoms with E-state index >= 15 is 8.78 Å². The molecule has 0 unspecified atom stereocenters. The lowest BCUT2D eigenvalue weighted by Crippen LogP contribution is -2.50. The highest BCUT2D eigenvalue weighted by Crippen LogP contribution is 2.41. The fourth-order valence-electron chi connectivity index (χ4n) is 5.39. The fourth-order valence-corrected chi connectivity index (χ4v) is 5.39. The highest BCUT2D eigenvalue weighted by atomic mass is 19.4. The van der Waals surface area contributed by atoms with E-state index in [0.717, 1.165) is 11.0 Å². The Kier molecular flexibility index (Phi) is 8.16. The number of benzene rings is 1. The molecule has 2 amide bonds. The molecular weight excluding hydrogens is 603 g/mol. The van der Waals surface area contributed by atoms with Crippen LogP contribution in [-0.2, 0) is 10.9 Å². The zero-order chi connectivity index (χ0) is 32.1. The van der Waals surface area contributed by atoms with Crippen molar-refractivity contribution in [3.8, 4) is 0 Å². The quantitative estimate of drug-likeness (QED) is 0.465. The van der Waals surface area contributed by atoms with Gasteiger partial charge in [-0.3, -0.25) is 9.59 Å². The van der Waals surface area contributed by atoms with Gasteiger partial charge in [0.25, 0.3) is 11.8 Å². The number of amides is 2. The van der Waals surface area contributed by atoms with Gasteiger partial charge in [-0.2, -0.15) is 13.2 Å². The van der Waals surface area contributed by atoms with E-state index in [4.69, 9.17) is 4.74 Å². The number of carbonyl (C=O) groups excluding carboxylic acids is 2. The smallest absolute Gasteiger partial charge is 0.417 e. The molecule has 3 heterocycles. The lowest BCUT2D eigenvalue weighted by Gasteiger charge is -2.40. The van der Waals surface area contributed by atoms with Gasteiger partial charge in [0.05, 0.1) is 22.4 Å². The molecule has 3 aliphatic rings. The number of nitrogens with one attached hydrogen (secondary N) is 2. The Balaban J connectivity index is 1.48. The van der Waals surface area contributed by atoms with Gasteiger partial charge in [-0.1, -0.05) is 6.08 Å². The Morgan fingerprint density at radius 2 is 1.84 bits per heavy atom. The molecule has 2 aromatic rings. The average Bonchev–Trinajstić information content (AvgIpc) is 3.40. The number of rotatable bonds is 5. The standard InChI is InChI=1S/C28H28F7N5O4/c1-14-12-39(6-5-38(14)2)20-8-19(29)22(15-3-4-40(13-15)26(43)44-16-9-27(31,32)10-16)23(30)24(20)37-25(42)17-11-36-21(41)7-18(17)28(33,34)35/h3,7-8,11,14,16H,4-6,9-10,12-13H2,1-2H3,(H,36,41)(H,37,42)/t14-/m0/s1. The van der Waals surface area contributed by atoms with Crippen LogP contribution < -0.4 is 15.8 Å². The maximum absolute atomic E-state index is 16.3. The van der Waals surface area contributed by atoms with Crippen molar-refractivity contribution in [3.63, 3.8) is 0 Å². The van der Waals surface area contributed by atoms with Gasteiger partial charge in [-0.05, 0) is 19.5 Å². The van der Waals surface area contributed by atoms with Gasteiger partial charge >= 0.3 is 12.3 Å². The second-order valence-corrected chi connectivity index (χ2v) is 11.2. The SMILES string of the molecule is C[C@H]1CN(c2cc(F)c(C3=CCN(C(=O)OC4CC(F)(F)C4)C3)c(F)c2NC(=O)c2c[nH]c(=O)cc2C(F)(F)F)CCN1C. The van der Waals surface area contributed by atoms with Gasteiger partial charge in [0, 0.05) is 69.9 Å². The van der Waals surface area contributed by atoms with Crippen molar-refractivity contribution in [3.05, 3.63) is 63.1 Å². The molecule has 9 nitrogen and oxygen atoms in total. The molecule has 1 aliphatic carbocycles. The summed E-state index contributed by atoms with van der Waals surface area (Å²) in [6.45, 7) is 2.38. The Morgan fingerprint density at radius 3 is 2.48 bits per heavy atom. The van der Waals surface area contributed by atoms with Crippen molar-refractivity contribution in [2.45, 2.75) is 44.0 Å². The number of hydrogen-bond donors (Lipinski definition) is 2. The zero-order valence-corrected chi connectivity index (χ0v) is 23.5. The summed E-state index contributed by atoms with van der Waals surface area (Å²) in [5.41, 5.74) is -5.02. The molecule has 1 saturated carbocycles. The predicted molar refractivity (Wildman–Crippen MR) is 145 cm³/mol. The van der Waals surface area contributed by atoms with Gasteiger partial charge in [-0.25, -0.2) is 22.4 Å². The van der Waals surface area contributed by atoms with E-state index in [9.17, 15) is 36.3 Å². The molecule has 238 valence electrons. The van der Waals surface area contributed by atoms with Crippen LogP contribution in [0.5, 0.6) is 0 Å². The van der Waals surface area contributed by atoms with Gasteiger partial charge in [-0.15, -0.1) is 0 Å². The minimum atomic E-state index is -5.09. The van der Waals surface area contributed by atoms with Gasteiger partial charge in [0.1, 0.15) is 17.6 Å². The van der Waals surface area contributed by atoms with Gasteiger partial charge < -0.3 is 29.7 Å². The number of pyridine rings is 1. The van der Waals surface area contributed by atoms with Crippen molar-refractivity contribution in [1.82, 2.24) is 14.8 Å². The molecule has 1 aromatic heterocycles. The number of aromatic amines is 1.